The zero-order chi connectivity index (χ0) is 14.4. The first-order valence-corrected chi connectivity index (χ1v) is 7.20. The van der Waals surface area contributed by atoms with Crippen LogP contribution in [0.5, 0.6) is 5.75 Å². The van der Waals surface area contributed by atoms with Gasteiger partial charge in [-0.2, -0.15) is 0 Å². The quantitative estimate of drug-likeness (QED) is 0.628. The second-order valence-corrected chi connectivity index (χ2v) is 5.40. The van der Waals surface area contributed by atoms with E-state index in [1.165, 1.54) is 0 Å². The number of aromatic nitrogens is 1. The van der Waals surface area contributed by atoms with Gasteiger partial charge in [0.15, 0.2) is 0 Å². The second kappa shape index (κ2) is 7.38. The second-order valence-electron chi connectivity index (χ2n) is 4.55. The van der Waals surface area contributed by atoms with Crippen LogP contribution in [0.25, 0.3) is 0 Å². The minimum absolute atomic E-state index is 0.119. The highest BCUT2D eigenvalue weighted by Crippen LogP contribution is 2.24. The van der Waals surface area contributed by atoms with Crippen LogP contribution in [0.3, 0.4) is 0 Å². The number of nitrogens with one attached hydrogen (secondary N) is 1. The number of pyridine rings is 1. The molecule has 106 valence electrons. The van der Waals surface area contributed by atoms with Crippen molar-refractivity contribution in [2.75, 3.05) is 7.11 Å². The third kappa shape index (κ3) is 4.03. The van der Waals surface area contributed by atoms with E-state index >= 15 is 0 Å². The number of hydrogen-bond donors (Lipinski definition) is 2. The van der Waals surface area contributed by atoms with E-state index in [1.54, 1.807) is 13.3 Å². The lowest BCUT2D eigenvalue weighted by Gasteiger charge is -2.17. The van der Waals surface area contributed by atoms with Gasteiger partial charge in [-0.25, -0.2) is 0 Å². The molecule has 0 saturated carbocycles. The number of nitrogens with zero attached hydrogens (tertiary/aromatic N) is 1. The number of rotatable bonds is 6. The minimum Gasteiger partial charge on any atom is -0.497 e. The Morgan fingerprint density at radius 3 is 2.80 bits per heavy atom. The van der Waals surface area contributed by atoms with E-state index in [0.717, 1.165) is 34.3 Å². The van der Waals surface area contributed by atoms with Crippen molar-refractivity contribution in [3.8, 4) is 5.75 Å². The minimum atomic E-state index is 0.119. The van der Waals surface area contributed by atoms with Crippen molar-refractivity contribution in [3.05, 3.63) is 58.3 Å². The van der Waals surface area contributed by atoms with Gasteiger partial charge in [-0.05, 0) is 42.3 Å². The number of ether oxygens (including phenoxy) is 1. The van der Waals surface area contributed by atoms with Crippen LogP contribution in [0.2, 0.25) is 0 Å². The molecule has 1 aromatic heterocycles. The van der Waals surface area contributed by atoms with Gasteiger partial charge in [0.05, 0.1) is 7.11 Å². The van der Waals surface area contributed by atoms with Gasteiger partial charge in [-0.1, -0.05) is 22.0 Å². The zero-order valence-corrected chi connectivity index (χ0v) is 12.9. The summed E-state index contributed by atoms with van der Waals surface area (Å²) >= 11 is 3.56. The molecule has 0 amide bonds. The number of hydrazine groups is 1. The molecule has 0 radical (unpaired) electrons. The summed E-state index contributed by atoms with van der Waals surface area (Å²) in [5.41, 5.74) is 5.04. The molecule has 2 aromatic rings. The normalized spacial score (nSPS) is 12.2. The van der Waals surface area contributed by atoms with Gasteiger partial charge in [0, 0.05) is 28.8 Å². The molecule has 1 unspecified atom stereocenters. The van der Waals surface area contributed by atoms with Crippen LogP contribution >= 0.6 is 15.9 Å². The largest absolute Gasteiger partial charge is 0.497 e. The van der Waals surface area contributed by atoms with Gasteiger partial charge in [0.25, 0.3) is 0 Å². The Labute approximate surface area is 127 Å². The predicted octanol–water partition coefficient (Wildman–Crippen LogP) is 2.47. The molecular weight excluding hydrogens is 318 g/mol. The lowest BCUT2D eigenvalue weighted by molar-refractivity contribution is 0.413. The molecule has 1 heterocycles. The molecule has 1 atom stereocenters. The molecule has 0 fully saturated rings. The number of halogens is 1. The summed E-state index contributed by atoms with van der Waals surface area (Å²) in [4.78, 5) is 4.33. The Kier molecular flexibility index (Phi) is 5.52. The maximum absolute atomic E-state index is 5.66. The van der Waals surface area contributed by atoms with E-state index in [4.69, 9.17) is 10.6 Å². The fourth-order valence-electron chi connectivity index (χ4n) is 2.06. The molecule has 1 aromatic carbocycles. The molecule has 0 bridgehead atoms. The number of methoxy groups -OCH3 is 1. The van der Waals surface area contributed by atoms with Crippen molar-refractivity contribution in [3.63, 3.8) is 0 Å². The van der Waals surface area contributed by atoms with Crippen molar-refractivity contribution in [1.82, 2.24) is 10.4 Å². The fraction of sp³-hybridized carbons (Fsp3) is 0.267. The molecule has 0 aliphatic rings. The molecule has 5 heteroatoms. The Bertz CT molecular complexity index is 548. The molecule has 0 spiro atoms. The molecule has 0 aliphatic carbocycles. The highest BCUT2D eigenvalue weighted by molar-refractivity contribution is 9.10. The first kappa shape index (κ1) is 15.0. The average Bonchev–Trinajstić information content (AvgIpc) is 2.49. The van der Waals surface area contributed by atoms with Crippen molar-refractivity contribution >= 4 is 15.9 Å². The SMILES string of the molecule is COc1ccc(Br)c(CC(Cc2ccccn2)NN)c1. The maximum Gasteiger partial charge on any atom is 0.119 e. The molecule has 4 nitrogen and oxygen atoms in total. The Morgan fingerprint density at radius 1 is 1.30 bits per heavy atom. The van der Waals surface area contributed by atoms with Gasteiger partial charge >= 0.3 is 0 Å². The monoisotopic (exact) mass is 335 g/mol. The average molecular weight is 336 g/mol. The maximum atomic E-state index is 5.66. The predicted molar refractivity (Wildman–Crippen MR) is 83.5 cm³/mol. The molecule has 0 aliphatic heterocycles. The zero-order valence-electron chi connectivity index (χ0n) is 11.3. The topological polar surface area (TPSA) is 60.2 Å². The lowest BCUT2D eigenvalue weighted by Crippen LogP contribution is -2.38. The first-order chi connectivity index (χ1) is 9.72. The summed E-state index contributed by atoms with van der Waals surface area (Å²) < 4.78 is 6.31. The van der Waals surface area contributed by atoms with E-state index < -0.39 is 0 Å². The Morgan fingerprint density at radius 2 is 2.15 bits per heavy atom. The van der Waals surface area contributed by atoms with Crippen LogP contribution in [0, 0.1) is 0 Å². The van der Waals surface area contributed by atoms with Gasteiger partial charge < -0.3 is 4.74 Å². The molecule has 2 rings (SSSR count). The van der Waals surface area contributed by atoms with Crippen LogP contribution in [0.1, 0.15) is 11.3 Å². The number of benzene rings is 1. The highest BCUT2D eigenvalue weighted by atomic mass is 79.9. The van der Waals surface area contributed by atoms with E-state index in [-0.39, 0.29) is 6.04 Å². The smallest absolute Gasteiger partial charge is 0.119 e. The van der Waals surface area contributed by atoms with E-state index in [9.17, 15) is 0 Å². The summed E-state index contributed by atoms with van der Waals surface area (Å²) in [6.45, 7) is 0. The third-order valence-electron chi connectivity index (χ3n) is 3.14. The van der Waals surface area contributed by atoms with Crippen molar-refractivity contribution in [1.29, 1.82) is 0 Å². The molecular formula is C15H18BrN3O. The van der Waals surface area contributed by atoms with Gasteiger partial charge in [-0.15, -0.1) is 0 Å². The standard InChI is InChI=1S/C15H18BrN3O/c1-20-14-5-6-15(16)11(9-14)8-13(19-17)10-12-4-2-3-7-18-12/h2-7,9,13,19H,8,10,17H2,1H3. The summed E-state index contributed by atoms with van der Waals surface area (Å²) in [6.07, 6.45) is 3.37. The number of nitrogens with two attached hydrogens (primary N) is 1. The lowest BCUT2D eigenvalue weighted by atomic mass is 10.0. The van der Waals surface area contributed by atoms with Crippen LogP contribution < -0.4 is 16.0 Å². The van der Waals surface area contributed by atoms with Crippen molar-refractivity contribution in [2.45, 2.75) is 18.9 Å². The van der Waals surface area contributed by atoms with Crippen LogP contribution in [0.15, 0.2) is 47.1 Å². The summed E-state index contributed by atoms with van der Waals surface area (Å²) in [5, 5.41) is 0. The van der Waals surface area contributed by atoms with Gasteiger partial charge in [0.2, 0.25) is 0 Å². The van der Waals surface area contributed by atoms with Crippen LogP contribution in [-0.2, 0) is 12.8 Å². The fourth-order valence-corrected chi connectivity index (χ4v) is 2.47. The van der Waals surface area contributed by atoms with Crippen molar-refractivity contribution in [2.24, 2.45) is 5.84 Å². The molecule has 20 heavy (non-hydrogen) atoms. The summed E-state index contributed by atoms with van der Waals surface area (Å²) in [7, 11) is 1.67. The van der Waals surface area contributed by atoms with E-state index in [0.29, 0.717) is 0 Å². The van der Waals surface area contributed by atoms with Gasteiger partial charge in [0.1, 0.15) is 5.75 Å². The van der Waals surface area contributed by atoms with E-state index in [2.05, 4.69) is 26.3 Å². The summed E-state index contributed by atoms with van der Waals surface area (Å²) in [5.74, 6) is 6.51. The molecule has 3 N–H and O–H groups in total. The van der Waals surface area contributed by atoms with Crippen LogP contribution in [0.4, 0.5) is 0 Å². The number of hydrogen-bond acceptors (Lipinski definition) is 4. The summed E-state index contributed by atoms with van der Waals surface area (Å²) in [6, 6.07) is 12.0. The Hall–Kier alpha value is -1.43. The van der Waals surface area contributed by atoms with Gasteiger partial charge in [-0.3, -0.25) is 16.3 Å². The highest BCUT2D eigenvalue weighted by Gasteiger charge is 2.12. The first-order valence-electron chi connectivity index (χ1n) is 6.41. The van der Waals surface area contributed by atoms with Crippen LogP contribution in [-0.4, -0.2) is 18.1 Å². The van der Waals surface area contributed by atoms with Crippen molar-refractivity contribution < 1.29 is 4.74 Å². The third-order valence-corrected chi connectivity index (χ3v) is 3.91. The molecule has 0 saturated heterocycles. The Balaban J connectivity index is 2.10. The van der Waals surface area contributed by atoms with E-state index in [1.807, 2.05) is 36.4 Å².